The lowest BCUT2D eigenvalue weighted by Gasteiger charge is -2.08. The molecule has 0 aliphatic rings. The van der Waals surface area contributed by atoms with E-state index in [1.54, 1.807) is 18.0 Å². The molecule has 8 nitrogen and oxygen atoms in total. The van der Waals surface area contributed by atoms with Crippen LogP contribution in [0.1, 0.15) is 5.56 Å². The molecule has 0 aliphatic carbocycles. The summed E-state index contributed by atoms with van der Waals surface area (Å²) in [6.07, 6.45) is 3.47. The number of aromatic nitrogens is 4. The van der Waals surface area contributed by atoms with E-state index in [1.165, 1.54) is 11.8 Å². The maximum atomic E-state index is 12.2. The van der Waals surface area contributed by atoms with Crippen molar-refractivity contribution in [2.45, 2.75) is 18.1 Å². The standard InChI is InChI=1S/C16H18N6O2S/c1-24-11-5-3-10(4-6-11)7-18-12(23)8-22-9-19-13-14(22)20-16(17)21-15(13)25-2/h3-6,9H,7-8H2,1-2H3,(H,18,23)(H2,17,20,21). The summed E-state index contributed by atoms with van der Waals surface area (Å²) in [5.41, 5.74) is 7.91. The smallest absolute Gasteiger partial charge is 0.240 e. The van der Waals surface area contributed by atoms with Crippen LogP contribution in [-0.2, 0) is 17.9 Å². The summed E-state index contributed by atoms with van der Waals surface area (Å²) in [6.45, 7) is 0.541. The Morgan fingerprint density at radius 1 is 1.32 bits per heavy atom. The summed E-state index contributed by atoms with van der Waals surface area (Å²) < 4.78 is 6.78. The SMILES string of the molecule is COc1ccc(CNC(=O)Cn2cnc3c(SC)nc(N)nc32)cc1. The van der Waals surface area contributed by atoms with Crippen molar-refractivity contribution in [2.75, 3.05) is 19.1 Å². The number of hydrogen-bond acceptors (Lipinski definition) is 7. The molecule has 130 valence electrons. The highest BCUT2D eigenvalue weighted by molar-refractivity contribution is 7.98. The fraction of sp³-hybridized carbons (Fsp3) is 0.250. The molecule has 0 atom stereocenters. The number of benzene rings is 1. The molecule has 0 aliphatic heterocycles. The Morgan fingerprint density at radius 3 is 2.76 bits per heavy atom. The van der Waals surface area contributed by atoms with Crippen molar-refractivity contribution in [3.8, 4) is 5.75 Å². The molecule has 1 aromatic carbocycles. The molecule has 0 spiro atoms. The summed E-state index contributed by atoms with van der Waals surface area (Å²) in [4.78, 5) is 24.9. The maximum Gasteiger partial charge on any atom is 0.240 e. The molecule has 0 saturated carbocycles. The number of nitrogens with two attached hydrogens (primary N) is 1. The lowest BCUT2D eigenvalue weighted by atomic mass is 10.2. The molecule has 1 amide bonds. The summed E-state index contributed by atoms with van der Waals surface area (Å²) in [5, 5.41) is 3.57. The van der Waals surface area contributed by atoms with Crippen LogP contribution in [0.2, 0.25) is 0 Å². The Kier molecular flexibility index (Phi) is 5.03. The normalized spacial score (nSPS) is 10.8. The summed E-state index contributed by atoms with van der Waals surface area (Å²) in [5.74, 6) is 0.803. The predicted molar refractivity (Wildman–Crippen MR) is 96.4 cm³/mol. The molecular formula is C16H18N6O2S. The van der Waals surface area contributed by atoms with E-state index >= 15 is 0 Å². The first-order valence-electron chi connectivity index (χ1n) is 7.52. The molecule has 3 rings (SSSR count). The highest BCUT2D eigenvalue weighted by Gasteiger charge is 2.13. The Balaban J connectivity index is 1.68. The van der Waals surface area contributed by atoms with Crippen LogP contribution in [0.25, 0.3) is 11.2 Å². The van der Waals surface area contributed by atoms with Gasteiger partial charge < -0.3 is 20.4 Å². The van der Waals surface area contributed by atoms with E-state index < -0.39 is 0 Å². The Hall–Kier alpha value is -2.81. The van der Waals surface area contributed by atoms with Crippen molar-refractivity contribution in [2.24, 2.45) is 0 Å². The third-order valence-electron chi connectivity index (χ3n) is 3.61. The highest BCUT2D eigenvalue weighted by atomic mass is 32.2. The third-order valence-corrected chi connectivity index (χ3v) is 4.28. The molecule has 0 unspecified atom stereocenters. The fourth-order valence-corrected chi connectivity index (χ4v) is 2.87. The number of methoxy groups -OCH3 is 1. The van der Waals surface area contributed by atoms with Crippen molar-refractivity contribution in [1.29, 1.82) is 0 Å². The number of anilines is 1. The minimum Gasteiger partial charge on any atom is -0.497 e. The first kappa shape index (κ1) is 17.0. The molecule has 2 heterocycles. The first-order valence-corrected chi connectivity index (χ1v) is 8.75. The van der Waals surface area contributed by atoms with Gasteiger partial charge in [0.25, 0.3) is 0 Å². The van der Waals surface area contributed by atoms with Crippen LogP contribution in [0.15, 0.2) is 35.6 Å². The average molecular weight is 358 g/mol. The highest BCUT2D eigenvalue weighted by Crippen LogP contribution is 2.22. The molecule has 0 saturated heterocycles. The van der Waals surface area contributed by atoms with Crippen LogP contribution < -0.4 is 15.8 Å². The van der Waals surface area contributed by atoms with E-state index in [1.807, 2.05) is 30.5 Å². The molecular weight excluding hydrogens is 340 g/mol. The van der Waals surface area contributed by atoms with Gasteiger partial charge in [0.05, 0.1) is 13.4 Å². The van der Waals surface area contributed by atoms with Gasteiger partial charge in [0.2, 0.25) is 11.9 Å². The van der Waals surface area contributed by atoms with Crippen molar-refractivity contribution >= 4 is 34.8 Å². The number of rotatable bonds is 6. The fourth-order valence-electron chi connectivity index (χ4n) is 2.35. The number of thioether (sulfide) groups is 1. The van der Waals surface area contributed by atoms with Crippen molar-refractivity contribution in [3.05, 3.63) is 36.2 Å². The second-order valence-corrected chi connectivity index (χ2v) is 6.06. The van der Waals surface area contributed by atoms with Crippen molar-refractivity contribution < 1.29 is 9.53 Å². The number of carbonyl (C=O) groups excluding carboxylic acids is 1. The number of nitrogen functional groups attached to an aromatic ring is 1. The van der Waals surface area contributed by atoms with Gasteiger partial charge in [0.15, 0.2) is 5.65 Å². The zero-order valence-electron chi connectivity index (χ0n) is 13.9. The maximum absolute atomic E-state index is 12.2. The Bertz CT molecular complexity index is 894. The molecule has 3 N–H and O–H groups in total. The van der Waals surface area contributed by atoms with Crippen LogP contribution in [-0.4, -0.2) is 38.8 Å². The van der Waals surface area contributed by atoms with E-state index in [2.05, 4.69) is 20.3 Å². The van der Waals surface area contributed by atoms with Gasteiger partial charge in [-0.3, -0.25) is 4.79 Å². The zero-order valence-corrected chi connectivity index (χ0v) is 14.7. The lowest BCUT2D eigenvalue weighted by molar-refractivity contribution is -0.121. The average Bonchev–Trinajstić information content (AvgIpc) is 3.02. The minimum atomic E-state index is -0.141. The number of imidazole rings is 1. The largest absolute Gasteiger partial charge is 0.497 e. The molecule has 9 heteroatoms. The van der Waals surface area contributed by atoms with Crippen molar-refractivity contribution in [1.82, 2.24) is 24.8 Å². The van der Waals surface area contributed by atoms with E-state index in [4.69, 9.17) is 10.5 Å². The van der Waals surface area contributed by atoms with Crippen molar-refractivity contribution in [3.63, 3.8) is 0 Å². The number of ether oxygens (including phenoxy) is 1. The second kappa shape index (κ2) is 7.39. The van der Waals surface area contributed by atoms with E-state index in [9.17, 15) is 4.79 Å². The van der Waals surface area contributed by atoms with Gasteiger partial charge in [-0.05, 0) is 24.0 Å². The number of nitrogens with one attached hydrogen (secondary N) is 1. The molecule has 0 radical (unpaired) electrons. The van der Waals surface area contributed by atoms with Crippen LogP contribution >= 0.6 is 11.8 Å². The van der Waals surface area contributed by atoms with Gasteiger partial charge in [-0.25, -0.2) is 9.97 Å². The van der Waals surface area contributed by atoms with Gasteiger partial charge in [-0.15, -0.1) is 11.8 Å². The summed E-state index contributed by atoms with van der Waals surface area (Å²) in [6, 6.07) is 7.53. The second-order valence-electron chi connectivity index (χ2n) is 5.26. The van der Waals surface area contributed by atoms with Gasteiger partial charge in [-0.1, -0.05) is 12.1 Å². The van der Waals surface area contributed by atoms with Crippen LogP contribution in [0.5, 0.6) is 5.75 Å². The van der Waals surface area contributed by atoms with Gasteiger partial charge in [0, 0.05) is 6.54 Å². The molecule has 3 aromatic rings. The van der Waals surface area contributed by atoms with Crippen LogP contribution in [0, 0.1) is 0 Å². The van der Waals surface area contributed by atoms with E-state index in [-0.39, 0.29) is 18.4 Å². The van der Waals surface area contributed by atoms with Gasteiger partial charge >= 0.3 is 0 Å². The first-order chi connectivity index (χ1) is 12.1. The minimum absolute atomic E-state index is 0.108. The molecule has 2 aromatic heterocycles. The Labute approximate surface area is 148 Å². The number of nitrogens with zero attached hydrogens (tertiary/aromatic N) is 4. The lowest BCUT2D eigenvalue weighted by Crippen LogP contribution is -2.27. The van der Waals surface area contributed by atoms with Crippen LogP contribution in [0.3, 0.4) is 0 Å². The third kappa shape index (κ3) is 3.82. The predicted octanol–water partition coefficient (Wildman–Crippen LogP) is 1.46. The van der Waals surface area contributed by atoms with Gasteiger partial charge in [0.1, 0.15) is 22.8 Å². The Morgan fingerprint density at radius 2 is 2.08 bits per heavy atom. The quantitative estimate of drug-likeness (QED) is 0.507. The zero-order chi connectivity index (χ0) is 17.8. The number of amides is 1. The number of carbonyl (C=O) groups is 1. The molecule has 25 heavy (non-hydrogen) atoms. The molecule has 0 fully saturated rings. The monoisotopic (exact) mass is 358 g/mol. The summed E-state index contributed by atoms with van der Waals surface area (Å²) in [7, 11) is 1.62. The van der Waals surface area contributed by atoms with Gasteiger partial charge in [-0.2, -0.15) is 4.98 Å². The summed E-state index contributed by atoms with van der Waals surface area (Å²) >= 11 is 1.44. The topological polar surface area (TPSA) is 108 Å². The van der Waals surface area contributed by atoms with Crippen LogP contribution in [0.4, 0.5) is 5.95 Å². The van der Waals surface area contributed by atoms with E-state index in [0.29, 0.717) is 22.7 Å². The number of hydrogen-bond donors (Lipinski definition) is 2. The van der Waals surface area contributed by atoms with E-state index in [0.717, 1.165) is 11.3 Å². The number of fused-ring (bicyclic) bond motifs is 1. The molecule has 0 bridgehead atoms.